The van der Waals surface area contributed by atoms with E-state index in [9.17, 15) is 8.78 Å². The average Bonchev–Trinajstić information content (AvgIpc) is 2.46. The number of hydrogen-bond donors (Lipinski definition) is 1. The van der Waals surface area contributed by atoms with Crippen LogP contribution in [0.2, 0.25) is 0 Å². The van der Waals surface area contributed by atoms with Gasteiger partial charge in [0.1, 0.15) is 11.5 Å². The van der Waals surface area contributed by atoms with Crippen LogP contribution in [0.1, 0.15) is 18.4 Å². The van der Waals surface area contributed by atoms with Gasteiger partial charge in [0.25, 0.3) is 5.25 Å². The Labute approximate surface area is 128 Å². The summed E-state index contributed by atoms with van der Waals surface area (Å²) in [6, 6.07) is 3.24. The zero-order valence-corrected chi connectivity index (χ0v) is 12.9. The molecule has 0 unspecified atom stereocenters. The summed E-state index contributed by atoms with van der Waals surface area (Å²) in [5, 5.41) is -2.96. The van der Waals surface area contributed by atoms with Crippen LogP contribution in [0.25, 0.3) is 0 Å². The second-order valence-corrected chi connectivity index (χ2v) is 5.54. The van der Waals surface area contributed by atoms with Gasteiger partial charge in [-0.3, -0.25) is 0 Å². The van der Waals surface area contributed by atoms with E-state index in [0.29, 0.717) is 41.1 Å². The fraction of sp³-hybridized carbons (Fsp3) is 0.467. The molecule has 3 nitrogen and oxygen atoms in total. The van der Waals surface area contributed by atoms with Crippen molar-refractivity contribution in [1.29, 1.82) is 0 Å². The minimum atomic E-state index is -2.96. The van der Waals surface area contributed by atoms with Gasteiger partial charge in [-0.15, -0.1) is 12.3 Å². The summed E-state index contributed by atoms with van der Waals surface area (Å²) in [4.78, 5) is 0.317. The maximum atomic E-state index is 13.8. The summed E-state index contributed by atoms with van der Waals surface area (Å²) in [7, 11) is 2.93. The third kappa shape index (κ3) is 5.10. The molecule has 0 aliphatic rings. The first-order valence-electron chi connectivity index (χ1n) is 6.42. The van der Waals surface area contributed by atoms with E-state index in [2.05, 4.69) is 5.92 Å². The lowest BCUT2D eigenvalue weighted by atomic mass is 10.1. The van der Waals surface area contributed by atoms with Gasteiger partial charge in [-0.05, 0) is 42.4 Å². The van der Waals surface area contributed by atoms with E-state index < -0.39 is 5.25 Å². The largest absolute Gasteiger partial charge is 0.496 e. The van der Waals surface area contributed by atoms with Gasteiger partial charge in [0.15, 0.2) is 0 Å². The van der Waals surface area contributed by atoms with E-state index in [1.807, 2.05) is 0 Å². The first-order valence-corrected chi connectivity index (χ1v) is 7.24. The molecule has 0 bridgehead atoms. The highest BCUT2D eigenvalue weighted by molar-refractivity contribution is 8.00. The van der Waals surface area contributed by atoms with Crippen LogP contribution in [0.3, 0.4) is 0 Å². The van der Waals surface area contributed by atoms with Crippen molar-refractivity contribution in [2.45, 2.75) is 29.4 Å². The van der Waals surface area contributed by atoms with Crippen LogP contribution in [0, 0.1) is 12.3 Å². The Bertz CT molecular complexity index is 515. The molecule has 1 aromatic carbocycles. The van der Waals surface area contributed by atoms with Crippen LogP contribution in [0.15, 0.2) is 17.0 Å². The number of halogens is 2. The van der Waals surface area contributed by atoms with Crippen molar-refractivity contribution in [1.82, 2.24) is 0 Å². The molecule has 0 saturated carbocycles. The number of rotatable bonds is 8. The normalized spacial score (nSPS) is 11.0. The van der Waals surface area contributed by atoms with Crippen LogP contribution in [0.4, 0.5) is 8.78 Å². The molecule has 1 rings (SSSR count). The van der Waals surface area contributed by atoms with Crippen molar-refractivity contribution in [3.8, 4) is 23.8 Å². The van der Waals surface area contributed by atoms with Crippen molar-refractivity contribution in [2.24, 2.45) is 5.73 Å². The minimum absolute atomic E-state index is 0.0186. The SMILES string of the molecule is C#CCCC(F)(F)Sc1cc(OC)c(CCN)cc1OC. The molecule has 6 heteroatoms. The maximum Gasteiger partial charge on any atom is 0.299 e. The number of nitrogens with two attached hydrogens (primary N) is 1. The van der Waals surface area contributed by atoms with Crippen molar-refractivity contribution in [3.63, 3.8) is 0 Å². The first kappa shape index (κ1) is 17.6. The van der Waals surface area contributed by atoms with Gasteiger partial charge in [0, 0.05) is 12.8 Å². The average molecular weight is 315 g/mol. The molecular weight excluding hydrogens is 296 g/mol. The lowest BCUT2D eigenvalue weighted by Gasteiger charge is -2.18. The molecule has 21 heavy (non-hydrogen) atoms. The van der Waals surface area contributed by atoms with Crippen molar-refractivity contribution < 1.29 is 18.3 Å². The fourth-order valence-electron chi connectivity index (χ4n) is 1.79. The smallest absolute Gasteiger partial charge is 0.299 e. The van der Waals surface area contributed by atoms with Gasteiger partial charge in [0.05, 0.1) is 19.1 Å². The van der Waals surface area contributed by atoms with E-state index in [0.717, 1.165) is 5.56 Å². The zero-order valence-electron chi connectivity index (χ0n) is 12.1. The number of benzene rings is 1. The number of methoxy groups -OCH3 is 2. The van der Waals surface area contributed by atoms with E-state index >= 15 is 0 Å². The molecule has 0 fully saturated rings. The predicted molar refractivity (Wildman–Crippen MR) is 81.2 cm³/mol. The van der Waals surface area contributed by atoms with Crippen molar-refractivity contribution in [2.75, 3.05) is 20.8 Å². The minimum Gasteiger partial charge on any atom is -0.496 e. The van der Waals surface area contributed by atoms with Gasteiger partial charge in [-0.25, -0.2) is 0 Å². The molecule has 0 aliphatic heterocycles. The molecule has 0 aromatic heterocycles. The van der Waals surface area contributed by atoms with Crippen LogP contribution >= 0.6 is 11.8 Å². The standard InChI is InChI=1S/C15H19F2NO2S/c1-4-5-7-15(16,17)21-14-10-12(19-2)11(6-8-18)9-13(14)20-3/h1,9-10H,5-8,18H2,2-3H3. The predicted octanol–water partition coefficient (Wildman–Crippen LogP) is 3.30. The molecule has 0 radical (unpaired) electrons. The Morgan fingerprint density at radius 2 is 1.95 bits per heavy atom. The number of thioether (sulfide) groups is 1. The Morgan fingerprint density at radius 1 is 1.29 bits per heavy atom. The van der Waals surface area contributed by atoms with Crippen molar-refractivity contribution >= 4 is 11.8 Å². The van der Waals surface area contributed by atoms with E-state index in [4.69, 9.17) is 21.6 Å². The number of alkyl halides is 2. The third-order valence-corrected chi connectivity index (χ3v) is 3.84. The molecule has 116 valence electrons. The molecule has 0 spiro atoms. The topological polar surface area (TPSA) is 44.5 Å². The zero-order chi connectivity index (χ0) is 15.9. The Morgan fingerprint density at radius 3 is 2.48 bits per heavy atom. The number of terminal acetylenes is 1. The van der Waals surface area contributed by atoms with Crippen molar-refractivity contribution in [3.05, 3.63) is 17.7 Å². The third-order valence-electron chi connectivity index (χ3n) is 2.80. The molecule has 0 amide bonds. The molecule has 0 saturated heterocycles. The fourth-order valence-corrected chi connectivity index (χ4v) is 2.73. The highest BCUT2D eigenvalue weighted by Gasteiger charge is 2.31. The second-order valence-electron chi connectivity index (χ2n) is 4.30. The summed E-state index contributed by atoms with van der Waals surface area (Å²) in [6.45, 7) is 0.435. The van der Waals surface area contributed by atoms with Gasteiger partial charge in [-0.1, -0.05) is 0 Å². The Balaban J connectivity index is 3.08. The van der Waals surface area contributed by atoms with E-state index in [1.54, 1.807) is 12.1 Å². The summed E-state index contributed by atoms with van der Waals surface area (Å²) >= 11 is 0.428. The molecule has 1 aromatic rings. The highest BCUT2D eigenvalue weighted by atomic mass is 32.2. The molecular formula is C15H19F2NO2S. The van der Waals surface area contributed by atoms with Crippen LogP contribution in [-0.4, -0.2) is 26.0 Å². The summed E-state index contributed by atoms with van der Waals surface area (Å²) in [5.41, 5.74) is 6.36. The Kier molecular flexibility index (Phi) is 6.79. The molecule has 0 aliphatic carbocycles. The monoisotopic (exact) mass is 315 g/mol. The maximum absolute atomic E-state index is 13.8. The first-order chi connectivity index (χ1) is 9.97. The van der Waals surface area contributed by atoms with Gasteiger partial charge < -0.3 is 15.2 Å². The van der Waals surface area contributed by atoms with Gasteiger partial charge >= 0.3 is 0 Å². The van der Waals surface area contributed by atoms with Crippen LogP contribution in [-0.2, 0) is 6.42 Å². The van der Waals surface area contributed by atoms with Crippen LogP contribution < -0.4 is 15.2 Å². The lowest BCUT2D eigenvalue weighted by Crippen LogP contribution is -2.10. The summed E-state index contributed by atoms with van der Waals surface area (Å²) in [5.74, 6) is 3.13. The second kappa shape index (κ2) is 8.11. The van der Waals surface area contributed by atoms with E-state index in [-0.39, 0.29) is 12.8 Å². The molecule has 0 heterocycles. The summed E-state index contributed by atoms with van der Waals surface area (Å²) in [6.07, 6.45) is 5.25. The molecule has 0 atom stereocenters. The number of hydrogen-bond acceptors (Lipinski definition) is 4. The van der Waals surface area contributed by atoms with E-state index in [1.165, 1.54) is 14.2 Å². The van der Waals surface area contributed by atoms with Gasteiger partial charge in [0.2, 0.25) is 0 Å². The quantitative estimate of drug-likeness (QED) is 0.590. The number of ether oxygens (including phenoxy) is 2. The summed E-state index contributed by atoms with van der Waals surface area (Å²) < 4.78 is 38.1. The van der Waals surface area contributed by atoms with Gasteiger partial charge in [-0.2, -0.15) is 8.78 Å². The Hall–Kier alpha value is -1.45. The highest BCUT2D eigenvalue weighted by Crippen LogP contribution is 2.45. The van der Waals surface area contributed by atoms with Crippen LogP contribution in [0.5, 0.6) is 11.5 Å². The lowest BCUT2D eigenvalue weighted by molar-refractivity contribution is 0.0973. The molecule has 2 N–H and O–H groups in total.